The summed E-state index contributed by atoms with van der Waals surface area (Å²) in [7, 11) is 0. The summed E-state index contributed by atoms with van der Waals surface area (Å²) in [4.78, 5) is 10.4. The van der Waals surface area contributed by atoms with Crippen LogP contribution in [0.15, 0.2) is 0 Å². The van der Waals surface area contributed by atoms with Crippen LogP contribution >= 0.6 is 0 Å². The first-order valence-electron chi connectivity index (χ1n) is 5.99. The van der Waals surface area contributed by atoms with Crippen LogP contribution in [0.3, 0.4) is 0 Å². The van der Waals surface area contributed by atoms with Crippen molar-refractivity contribution in [1.29, 1.82) is 0 Å². The third-order valence-corrected chi connectivity index (χ3v) is 3.96. The van der Waals surface area contributed by atoms with Crippen molar-refractivity contribution in [2.45, 2.75) is 51.4 Å². The SMILES string of the molecule is O=C(O)CCC1CC1C1CCCCC1. The van der Waals surface area contributed by atoms with Crippen molar-refractivity contribution in [3.05, 3.63) is 0 Å². The Kier molecular flexibility index (Phi) is 3.09. The summed E-state index contributed by atoms with van der Waals surface area (Å²) in [6.45, 7) is 0. The van der Waals surface area contributed by atoms with Crippen molar-refractivity contribution in [3.8, 4) is 0 Å². The van der Waals surface area contributed by atoms with E-state index >= 15 is 0 Å². The van der Waals surface area contributed by atoms with Gasteiger partial charge >= 0.3 is 5.97 Å². The van der Waals surface area contributed by atoms with E-state index in [9.17, 15) is 4.79 Å². The van der Waals surface area contributed by atoms with Gasteiger partial charge < -0.3 is 5.11 Å². The number of rotatable bonds is 4. The zero-order chi connectivity index (χ0) is 9.97. The summed E-state index contributed by atoms with van der Waals surface area (Å²) in [6.07, 6.45) is 9.69. The second-order valence-electron chi connectivity index (χ2n) is 4.99. The van der Waals surface area contributed by atoms with Crippen molar-refractivity contribution in [3.63, 3.8) is 0 Å². The Bertz CT molecular complexity index is 206. The molecule has 2 nitrogen and oxygen atoms in total. The molecule has 14 heavy (non-hydrogen) atoms. The van der Waals surface area contributed by atoms with Crippen LogP contribution < -0.4 is 0 Å². The Hall–Kier alpha value is -0.530. The first-order chi connectivity index (χ1) is 6.77. The smallest absolute Gasteiger partial charge is 0.303 e. The van der Waals surface area contributed by atoms with Gasteiger partial charge in [-0.25, -0.2) is 0 Å². The fourth-order valence-corrected chi connectivity index (χ4v) is 3.05. The molecule has 80 valence electrons. The second kappa shape index (κ2) is 4.33. The average Bonchev–Trinajstić information content (AvgIpc) is 2.95. The number of hydrogen-bond donors (Lipinski definition) is 1. The fourth-order valence-electron chi connectivity index (χ4n) is 3.05. The highest BCUT2D eigenvalue weighted by Gasteiger charge is 2.42. The van der Waals surface area contributed by atoms with Gasteiger partial charge in [0, 0.05) is 6.42 Å². The molecule has 2 unspecified atom stereocenters. The summed E-state index contributed by atoms with van der Waals surface area (Å²) in [6, 6.07) is 0. The molecular formula is C12H20O2. The molecular weight excluding hydrogens is 176 g/mol. The quantitative estimate of drug-likeness (QED) is 0.750. The third kappa shape index (κ3) is 2.49. The van der Waals surface area contributed by atoms with Gasteiger partial charge in [-0.3, -0.25) is 4.79 Å². The van der Waals surface area contributed by atoms with Gasteiger partial charge in [0.25, 0.3) is 0 Å². The minimum absolute atomic E-state index is 0.383. The van der Waals surface area contributed by atoms with E-state index in [1.54, 1.807) is 0 Å². The highest BCUT2D eigenvalue weighted by Crippen LogP contribution is 2.51. The van der Waals surface area contributed by atoms with E-state index in [4.69, 9.17) is 5.11 Å². The van der Waals surface area contributed by atoms with Crippen LogP contribution in [-0.2, 0) is 4.79 Å². The number of carbonyl (C=O) groups is 1. The van der Waals surface area contributed by atoms with Crippen LogP contribution in [0.2, 0.25) is 0 Å². The predicted octanol–water partition coefficient (Wildman–Crippen LogP) is 3.07. The van der Waals surface area contributed by atoms with E-state index < -0.39 is 5.97 Å². The lowest BCUT2D eigenvalue weighted by Gasteiger charge is -2.21. The topological polar surface area (TPSA) is 37.3 Å². The predicted molar refractivity (Wildman–Crippen MR) is 55.0 cm³/mol. The molecule has 2 aliphatic carbocycles. The van der Waals surface area contributed by atoms with Gasteiger partial charge in [0.2, 0.25) is 0 Å². The normalized spacial score (nSPS) is 32.9. The number of aliphatic carboxylic acids is 1. The van der Waals surface area contributed by atoms with Gasteiger partial charge in [0.1, 0.15) is 0 Å². The molecule has 0 bridgehead atoms. The van der Waals surface area contributed by atoms with Crippen LogP contribution in [0.25, 0.3) is 0 Å². The van der Waals surface area contributed by atoms with Crippen LogP contribution in [0.5, 0.6) is 0 Å². The fraction of sp³-hybridized carbons (Fsp3) is 0.917. The molecule has 2 rings (SSSR count). The molecule has 2 atom stereocenters. The minimum atomic E-state index is -0.626. The molecule has 1 N–H and O–H groups in total. The van der Waals surface area contributed by atoms with Crippen molar-refractivity contribution < 1.29 is 9.90 Å². The summed E-state index contributed by atoms with van der Waals surface area (Å²) in [5.41, 5.74) is 0. The lowest BCUT2D eigenvalue weighted by Crippen LogP contribution is -2.09. The maximum Gasteiger partial charge on any atom is 0.303 e. The number of carboxylic acids is 1. The lowest BCUT2D eigenvalue weighted by molar-refractivity contribution is -0.137. The largest absolute Gasteiger partial charge is 0.481 e. The minimum Gasteiger partial charge on any atom is -0.481 e. The van der Waals surface area contributed by atoms with Crippen molar-refractivity contribution in [2.75, 3.05) is 0 Å². The summed E-state index contributed by atoms with van der Waals surface area (Å²) < 4.78 is 0. The maximum atomic E-state index is 10.4. The molecule has 2 fully saturated rings. The van der Waals surface area contributed by atoms with Crippen molar-refractivity contribution in [1.82, 2.24) is 0 Å². The standard InChI is InChI=1S/C12H20O2/c13-12(14)7-6-10-8-11(10)9-4-2-1-3-5-9/h9-11H,1-8H2,(H,13,14). The Labute approximate surface area is 85.7 Å². The number of hydrogen-bond acceptors (Lipinski definition) is 1. The Morgan fingerprint density at radius 3 is 2.57 bits per heavy atom. The van der Waals surface area contributed by atoms with Crippen molar-refractivity contribution >= 4 is 5.97 Å². The van der Waals surface area contributed by atoms with Gasteiger partial charge in [-0.15, -0.1) is 0 Å². The molecule has 2 saturated carbocycles. The van der Waals surface area contributed by atoms with E-state index in [1.807, 2.05) is 0 Å². The first kappa shape index (κ1) is 10.0. The monoisotopic (exact) mass is 196 g/mol. The molecule has 0 saturated heterocycles. The molecule has 2 heteroatoms. The van der Waals surface area contributed by atoms with Gasteiger partial charge in [-0.2, -0.15) is 0 Å². The summed E-state index contributed by atoms with van der Waals surface area (Å²) >= 11 is 0. The molecule has 0 aromatic rings. The number of carboxylic acid groups (broad SMARTS) is 1. The summed E-state index contributed by atoms with van der Waals surface area (Å²) in [5, 5.41) is 8.59. The zero-order valence-corrected chi connectivity index (χ0v) is 8.74. The van der Waals surface area contributed by atoms with Crippen LogP contribution in [-0.4, -0.2) is 11.1 Å². The lowest BCUT2D eigenvalue weighted by atomic mass is 9.85. The highest BCUT2D eigenvalue weighted by atomic mass is 16.4. The van der Waals surface area contributed by atoms with E-state index in [2.05, 4.69) is 0 Å². The van der Waals surface area contributed by atoms with Crippen LogP contribution in [0.4, 0.5) is 0 Å². The van der Waals surface area contributed by atoms with E-state index in [-0.39, 0.29) is 0 Å². The first-order valence-corrected chi connectivity index (χ1v) is 5.99. The molecule has 0 aromatic carbocycles. The van der Waals surface area contributed by atoms with Crippen molar-refractivity contribution in [2.24, 2.45) is 17.8 Å². The molecule has 0 spiro atoms. The Morgan fingerprint density at radius 2 is 1.93 bits per heavy atom. The van der Waals surface area contributed by atoms with Gasteiger partial charge in [0.05, 0.1) is 0 Å². The molecule has 0 radical (unpaired) electrons. The van der Waals surface area contributed by atoms with Gasteiger partial charge in [0.15, 0.2) is 0 Å². The van der Waals surface area contributed by atoms with E-state index in [1.165, 1.54) is 38.5 Å². The molecule has 0 heterocycles. The zero-order valence-electron chi connectivity index (χ0n) is 8.74. The van der Waals surface area contributed by atoms with Gasteiger partial charge in [-0.1, -0.05) is 32.1 Å². The maximum absolute atomic E-state index is 10.4. The van der Waals surface area contributed by atoms with Crippen LogP contribution in [0.1, 0.15) is 51.4 Å². The van der Waals surface area contributed by atoms with E-state index in [0.29, 0.717) is 6.42 Å². The molecule has 0 aliphatic heterocycles. The molecule has 0 amide bonds. The summed E-state index contributed by atoms with van der Waals surface area (Å²) in [5.74, 6) is 1.98. The third-order valence-electron chi connectivity index (χ3n) is 3.96. The highest BCUT2D eigenvalue weighted by molar-refractivity contribution is 5.66. The van der Waals surface area contributed by atoms with E-state index in [0.717, 1.165) is 24.2 Å². The average molecular weight is 196 g/mol. The molecule has 2 aliphatic rings. The second-order valence-corrected chi connectivity index (χ2v) is 4.99. The molecule has 0 aromatic heterocycles. The van der Waals surface area contributed by atoms with Crippen LogP contribution in [0, 0.1) is 17.8 Å². The Morgan fingerprint density at radius 1 is 1.21 bits per heavy atom. The van der Waals surface area contributed by atoms with Gasteiger partial charge in [-0.05, 0) is 30.6 Å². The Balaban J connectivity index is 1.67.